The molecule has 0 spiro atoms. The number of rotatable bonds is 6. The fraction of sp³-hybridized carbons (Fsp3) is 0.222. The zero-order chi connectivity index (χ0) is 24.3. The molecule has 2 amide bonds. The van der Waals surface area contributed by atoms with Gasteiger partial charge in [-0.15, -0.1) is 0 Å². The van der Waals surface area contributed by atoms with E-state index >= 15 is 0 Å². The van der Waals surface area contributed by atoms with E-state index in [1.165, 1.54) is 0 Å². The van der Waals surface area contributed by atoms with Crippen LogP contribution in [-0.2, 0) is 16.6 Å². The number of nitrogens with zero attached hydrogens (tertiary/aromatic N) is 2. The lowest BCUT2D eigenvalue weighted by Gasteiger charge is -2.14. The van der Waals surface area contributed by atoms with Gasteiger partial charge in [-0.2, -0.15) is 5.10 Å². The zero-order valence-electron chi connectivity index (χ0n) is 19.5. The van der Waals surface area contributed by atoms with Crippen LogP contribution in [0, 0.1) is 0 Å². The van der Waals surface area contributed by atoms with Crippen LogP contribution in [0.4, 0.5) is 16.3 Å². The molecule has 0 unspecified atom stereocenters. The summed E-state index contributed by atoms with van der Waals surface area (Å²) in [7, 11) is 0. The number of urea groups is 1. The first-order valence-corrected chi connectivity index (χ1v) is 11.2. The minimum atomic E-state index is -0.841. The highest BCUT2D eigenvalue weighted by Gasteiger charge is 2.22. The summed E-state index contributed by atoms with van der Waals surface area (Å²) in [4.78, 5) is 24.0. The molecule has 4 aromatic rings. The lowest BCUT2D eigenvalue weighted by molar-refractivity contribution is -0.136. The molecule has 1 aromatic heterocycles. The summed E-state index contributed by atoms with van der Waals surface area (Å²) in [5, 5.41) is 21.7. The van der Waals surface area contributed by atoms with Gasteiger partial charge in [0.05, 0.1) is 17.1 Å². The molecule has 3 aromatic carbocycles. The number of aliphatic carboxylic acids is 1. The summed E-state index contributed by atoms with van der Waals surface area (Å²) in [6.07, 6.45) is 0.468. The molecule has 0 saturated heterocycles. The van der Waals surface area contributed by atoms with E-state index in [2.05, 4.69) is 31.4 Å². The first-order valence-electron chi connectivity index (χ1n) is 11.2. The number of nitrogens with one attached hydrogen (secondary N) is 2. The number of aryl methyl sites for hydroxylation is 1. The molecule has 7 heteroatoms. The third-order valence-corrected chi connectivity index (χ3v) is 5.54. The molecule has 7 nitrogen and oxygen atoms in total. The maximum absolute atomic E-state index is 13.0. The minimum absolute atomic E-state index is 0.0499. The van der Waals surface area contributed by atoms with E-state index in [0.29, 0.717) is 17.9 Å². The number of anilines is 2. The van der Waals surface area contributed by atoms with Crippen molar-refractivity contribution in [1.82, 2.24) is 9.78 Å². The van der Waals surface area contributed by atoms with E-state index in [4.69, 9.17) is 10.2 Å². The number of fused-ring (bicyclic) bond motifs is 1. The van der Waals surface area contributed by atoms with Crippen molar-refractivity contribution in [1.29, 1.82) is 0 Å². The molecule has 174 valence electrons. The summed E-state index contributed by atoms with van der Waals surface area (Å²) in [6, 6.07) is 22.7. The Bertz CT molecular complexity index is 1350. The second-order valence-corrected chi connectivity index (χ2v) is 9.25. The molecule has 0 radical (unpaired) electrons. The van der Waals surface area contributed by atoms with Crippen molar-refractivity contribution in [2.45, 2.75) is 39.0 Å². The van der Waals surface area contributed by atoms with Gasteiger partial charge in [0.25, 0.3) is 0 Å². The fourth-order valence-electron chi connectivity index (χ4n) is 3.73. The zero-order valence-corrected chi connectivity index (χ0v) is 19.5. The number of amides is 2. The van der Waals surface area contributed by atoms with E-state index in [9.17, 15) is 9.59 Å². The van der Waals surface area contributed by atoms with Gasteiger partial charge in [-0.05, 0) is 35.6 Å². The van der Waals surface area contributed by atoms with Crippen LogP contribution < -0.4 is 10.6 Å². The van der Waals surface area contributed by atoms with E-state index in [0.717, 1.165) is 27.7 Å². The number of carbonyl (C=O) groups is 2. The summed E-state index contributed by atoms with van der Waals surface area (Å²) >= 11 is 0. The van der Waals surface area contributed by atoms with Gasteiger partial charge >= 0.3 is 12.0 Å². The SMILES string of the molecule is CC(C)(C)c1cc(NC(=O)Nc2cccc3ccccc23)n(-c2cccc(CCC(=O)O)c2)n1. The molecular formula is C27H28N4O3. The quantitative estimate of drug-likeness (QED) is 0.332. The van der Waals surface area contributed by atoms with Crippen molar-refractivity contribution in [2.75, 3.05) is 10.6 Å². The van der Waals surface area contributed by atoms with Gasteiger partial charge in [-0.25, -0.2) is 9.48 Å². The standard InChI is InChI=1S/C27H28N4O3/c1-27(2,3)23-17-24(31(30-23)20-11-6-8-18(16-20)14-15-25(32)33)29-26(34)28-22-13-7-10-19-9-4-5-12-21(19)22/h4-13,16-17H,14-15H2,1-3H3,(H,32,33)(H2,28,29,34). The number of carboxylic acids is 1. The largest absolute Gasteiger partial charge is 0.481 e. The molecular weight excluding hydrogens is 428 g/mol. The van der Waals surface area contributed by atoms with Gasteiger partial charge in [0, 0.05) is 23.3 Å². The molecule has 4 rings (SSSR count). The van der Waals surface area contributed by atoms with Crippen molar-refractivity contribution in [3.63, 3.8) is 0 Å². The lowest BCUT2D eigenvalue weighted by atomic mass is 9.92. The number of carbonyl (C=O) groups excluding carboxylic acids is 1. The third-order valence-electron chi connectivity index (χ3n) is 5.54. The highest BCUT2D eigenvalue weighted by Crippen LogP contribution is 2.28. The Kier molecular flexibility index (Phi) is 6.36. The average Bonchev–Trinajstić information content (AvgIpc) is 3.22. The molecule has 0 saturated carbocycles. The fourth-order valence-corrected chi connectivity index (χ4v) is 3.73. The van der Waals surface area contributed by atoms with Crippen LogP contribution in [0.25, 0.3) is 16.5 Å². The normalized spacial score (nSPS) is 11.4. The van der Waals surface area contributed by atoms with E-state index < -0.39 is 5.97 Å². The van der Waals surface area contributed by atoms with E-state index in [-0.39, 0.29) is 17.9 Å². The summed E-state index contributed by atoms with van der Waals surface area (Å²) in [5.41, 5.74) is 2.95. The molecule has 0 aliphatic heterocycles. The average molecular weight is 457 g/mol. The first-order chi connectivity index (χ1) is 16.2. The summed E-state index contributed by atoms with van der Waals surface area (Å²) in [5.74, 6) is -0.315. The van der Waals surface area contributed by atoms with E-state index in [1.54, 1.807) is 4.68 Å². The van der Waals surface area contributed by atoms with Crippen LogP contribution in [0.5, 0.6) is 0 Å². The molecule has 1 heterocycles. The summed E-state index contributed by atoms with van der Waals surface area (Å²) < 4.78 is 1.69. The molecule has 0 atom stereocenters. The van der Waals surface area contributed by atoms with Crippen LogP contribution in [0.1, 0.15) is 38.4 Å². The smallest absolute Gasteiger partial charge is 0.324 e. The van der Waals surface area contributed by atoms with Crippen LogP contribution in [-0.4, -0.2) is 26.9 Å². The number of carboxylic acid groups (broad SMARTS) is 1. The molecule has 0 aliphatic rings. The Morgan fingerprint density at radius 1 is 0.941 bits per heavy atom. The lowest BCUT2D eigenvalue weighted by Crippen LogP contribution is -2.21. The first kappa shape index (κ1) is 23.0. The maximum atomic E-state index is 13.0. The predicted octanol–water partition coefficient (Wildman–Crippen LogP) is 5.98. The molecule has 0 aliphatic carbocycles. The van der Waals surface area contributed by atoms with E-state index in [1.807, 2.05) is 72.8 Å². The number of aromatic nitrogens is 2. The van der Waals surface area contributed by atoms with Gasteiger partial charge in [0.15, 0.2) is 0 Å². The Labute approximate surface area is 198 Å². The second kappa shape index (κ2) is 9.39. The third kappa shape index (κ3) is 5.26. The highest BCUT2D eigenvalue weighted by atomic mass is 16.4. The van der Waals surface area contributed by atoms with Crippen LogP contribution in [0.15, 0.2) is 72.8 Å². The van der Waals surface area contributed by atoms with Crippen LogP contribution in [0.3, 0.4) is 0 Å². The molecule has 3 N–H and O–H groups in total. The van der Waals surface area contributed by atoms with Crippen molar-refractivity contribution < 1.29 is 14.7 Å². The van der Waals surface area contributed by atoms with Gasteiger partial charge in [0.1, 0.15) is 5.82 Å². The van der Waals surface area contributed by atoms with Gasteiger partial charge in [-0.1, -0.05) is 69.3 Å². The van der Waals surface area contributed by atoms with Crippen molar-refractivity contribution in [3.05, 3.63) is 84.1 Å². The number of hydrogen-bond acceptors (Lipinski definition) is 3. The predicted molar refractivity (Wildman–Crippen MR) is 135 cm³/mol. The van der Waals surface area contributed by atoms with Gasteiger partial charge in [-0.3, -0.25) is 10.1 Å². The van der Waals surface area contributed by atoms with Crippen LogP contribution in [0.2, 0.25) is 0 Å². The topological polar surface area (TPSA) is 96.2 Å². The van der Waals surface area contributed by atoms with Gasteiger partial charge < -0.3 is 10.4 Å². The van der Waals surface area contributed by atoms with Crippen molar-refractivity contribution in [2.24, 2.45) is 0 Å². The minimum Gasteiger partial charge on any atom is -0.481 e. The van der Waals surface area contributed by atoms with Crippen LogP contribution >= 0.6 is 0 Å². The monoisotopic (exact) mass is 456 g/mol. The Morgan fingerprint density at radius 2 is 1.68 bits per heavy atom. The highest BCUT2D eigenvalue weighted by molar-refractivity contribution is 6.06. The number of benzene rings is 3. The van der Waals surface area contributed by atoms with Gasteiger partial charge in [0.2, 0.25) is 0 Å². The Balaban J connectivity index is 1.64. The van der Waals surface area contributed by atoms with Crippen molar-refractivity contribution in [3.8, 4) is 5.69 Å². The molecule has 0 fully saturated rings. The Morgan fingerprint density at radius 3 is 2.44 bits per heavy atom. The van der Waals surface area contributed by atoms with Crippen molar-refractivity contribution >= 4 is 34.3 Å². The summed E-state index contributed by atoms with van der Waals surface area (Å²) in [6.45, 7) is 6.18. The number of hydrogen-bond donors (Lipinski definition) is 3. The molecule has 0 bridgehead atoms. The second-order valence-electron chi connectivity index (χ2n) is 9.25. The Hall–Kier alpha value is -4.13. The molecule has 34 heavy (non-hydrogen) atoms. The maximum Gasteiger partial charge on any atom is 0.324 e.